The predicted molar refractivity (Wildman–Crippen MR) is 83.9 cm³/mol. The van der Waals surface area contributed by atoms with Gasteiger partial charge in [-0.1, -0.05) is 0 Å². The third-order valence-corrected chi connectivity index (χ3v) is 3.56. The molecule has 1 amide bonds. The molecule has 1 unspecified atom stereocenters. The SMILES string of the molecule is Cc1cc(N)ccc1NC(=O)C(C)N(C)Cc1ccoc1. The molecule has 2 aromatic rings. The van der Waals surface area contributed by atoms with Gasteiger partial charge in [0.1, 0.15) is 0 Å². The van der Waals surface area contributed by atoms with Crippen LogP contribution in [0.3, 0.4) is 0 Å². The van der Waals surface area contributed by atoms with Gasteiger partial charge in [0.2, 0.25) is 5.91 Å². The largest absolute Gasteiger partial charge is 0.472 e. The van der Waals surface area contributed by atoms with Crippen LogP contribution < -0.4 is 11.1 Å². The van der Waals surface area contributed by atoms with Crippen LogP contribution in [0.4, 0.5) is 11.4 Å². The number of carbonyl (C=O) groups is 1. The Morgan fingerprint density at radius 2 is 2.19 bits per heavy atom. The molecular weight excluding hydrogens is 266 g/mol. The highest BCUT2D eigenvalue weighted by molar-refractivity contribution is 5.95. The Balaban J connectivity index is 1.98. The number of furan rings is 1. The van der Waals surface area contributed by atoms with Crippen molar-refractivity contribution in [2.75, 3.05) is 18.1 Å². The van der Waals surface area contributed by atoms with Crippen molar-refractivity contribution >= 4 is 17.3 Å². The van der Waals surface area contributed by atoms with Crippen LogP contribution in [0, 0.1) is 6.92 Å². The summed E-state index contributed by atoms with van der Waals surface area (Å²) in [4.78, 5) is 14.3. The Morgan fingerprint density at radius 3 is 2.81 bits per heavy atom. The van der Waals surface area contributed by atoms with Gasteiger partial charge in [0.15, 0.2) is 0 Å². The Labute approximate surface area is 124 Å². The normalized spacial score (nSPS) is 12.4. The molecule has 0 aliphatic heterocycles. The lowest BCUT2D eigenvalue weighted by molar-refractivity contribution is -0.120. The predicted octanol–water partition coefficient (Wildman–Crippen LogP) is 2.63. The number of nitrogen functional groups attached to an aromatic ring is 1. The van der Waals surface area contributed by atoms with Gasteiger partial charge in [0, 0.05) is 23.5 Å². The first-order valence-corrected chi connectivity index (χ1v) is 6.85. The van der Waals surface area contributed by atoms with Crippen molar-refractivity contribution in [2.45, 2.75) is 26.4 Å². The van der Waals surface area contributed by atoms with Gasteiger partial charge in [-0.05, 0) is 50.7 Å². The van der Waals surface area contributed by atoms with Gasteiger partial charge in [-0.2, -0.15) is 0 Å². The standard InChI is InChI=1S/C16H21N3O2/c1-11-8-14(17)4-5-15(11)18-16(20)12(2)19(3)9-13-6-7-21-10-13/h4-8,10,12H,9,17H2,1-3H3,(H,18,20). The summed E-state index contributed by atoms with van der Waals surface area (Å²) in [6, 6.07) is 7.09. The number of anilines is 2. The molecule has 0 aliphatic carbocycles. The molecule has 3 N–H and O–H groups in total. The molecule has 0 bridgehead atoms. The summed E-state index contributed by atoms with van der Waals surface area (Å²) in [7, 11) is 1.91. The summed E-state index contributed by atoms with van der Waals surface area (Å²) in [6.45, 7) is 4.46. The molecule has 0 saturated carbocycles. The zero-order valence-electron chi connectivity index (χ0n) is 12.6. The van der Waals surface area contributed by atoms with Gasteiger partial charge < -0.3 is 15.5 Å². The van der Waals surface area contributed by atoms with Crippen LogP contribution in [-0.4, -0.2) is 23.9 Å². The monoisotopic (exact) mass is 287 g/mol. The van der Waals surface area contributed by atoms with Gasteiger partial charge in [0.05, 0.1) is 18.6 Å². The quantitative estimate of drug-likeness (QED) is 0.829. The number of likely N-dealkylation sites (N-methyl/N-ethyl adjacent to an activating group) is 1. The second-order valence-electron chi connectivity index (χ2n) is 5.29. The third kappa shape index (κ3) is 3.86. The number of hydrogen-bond acceptors (Lipinski definition) is 4. The Hall–Kier alpha value is -2.27. The van der Waals surface area contributed by atoms with Crippen LogP contribution in [0.15, 0.2) is 41.2 Å². The zero-order valence-corrected chi connectivity index (χ0v) is 12.6. The lowest BCUT2D eigenvalue weighted by Crippen LogP contribution is -2.39. The average molecular weight is 287 g/mol. The number of carbonyl (C=O) groups excluding carboxylic acids is 1. The zero-order chi connectivity index (χ0) is 15.4. The number of aryl methyl sites for hydroxylation is 1. The van der Waals surface area contributed by atoms with Crippen LogP contribution in [0.5, 0.6) is 0 Å². The molecule has 2 rings (SSSR count). The molecule has 0 saturated heterocycles. The Bertz CT molecular complexity index is 608. The van der Waals surface area contributed by atoms with Crippen LogP contribution in [0.25, 0.3) is 0 Å². The molecule has 5 nitrogen and oxygen atoms in total. The van der Waals surface area contributed by atoms with E-state index < -0.39 is 0 Å². The van der Waals surface area contributed by atoms with Gasteiger partial charge >= 0.3 is 0 Å². The van der Waals surface area contributed by atoms with Crippen molar-refractivity contribution in [3.05, 3.63) is 47.9 Å². The minimum absolute atomic E-state index is 0.0473. The van der Waals surface area contributed by atoms with E-state index in [9.17, 15) is 4.79 Å². The van der Waals surface area contributed by atoms with Gasteiger partial charge in [-0.3, -0.25) is 9.69 Å². The number of amides is 1. The Kier molecular flexibility index (Phi) is 4.65. The molecule has 1 aromatic heterocycles. The molecule has 0 radical (unpaired) electrons. The van der Waals surface area contributed by atoms with Crippen LogP contribution in [0.2, 0.25) is 0 Å². The molecule has 0 spiro atoms. The highest BCUT2D eigenvalue weighted by Gasteiger charge is 2.19. The first kappa shape index (κ1) is 15.1. The summed E-state index contributed by atoms with van der Waals surface area (Å²) >= 11 is 0. The second-order valence-corrected chi connectivity index (χ2v) is 5.29. The summed E-state index contributed by atoms with van der Waals surface area (Å²) < 4.78 is 5.04. The fourth-order valence-corrected chi connectivity index (χ4v) is 2.07. The van der Waals surface area contributed by atoms with E-state index in [-0.39, 0.29) is 11.9 Å². The minimum atomic E-state index is -0.253. The molecule has 1 atom stereocenters. The van der Waals surface area contributed by atoms with Crippen molar-refractivity contribution in [2.24, 2.45) is 0 Å². The van der Waals surface area contributed by atoms with E-state index in [1.807, 2.05) is 44.0 Å². The van der Waals surface area contributed by atoms with Gasteiger partial charge in [0.25, 0.3) is 0 Å². The second kappa shape index (κ2) is 6.45. The van der Waals surface area contributed by atoms with E-state index in [1.165, 1.54) is 0 Å². The van der Waals surface area contributed by atoms with E-state index >= 15 is 0 Å². The van der Waals surface area contributed by atoms with Crippen molar-refractivity contribution in [1.82, 2.24) is 4.90 Å². The summed E-state index contributed by atoms with van der Waals surface area (Å²) in [5.41, 5.74) is 9.19. The summed E-state index contributed by atoms with van der Waals surface area (Å²) in [5, 5.41) is 2.94. The molecular formula is C16H21N3O2. The van der Waals surface area contributed by atoms with Gasteiger partial charge in [-0.15, -0.1) is 0 Å². The highest BCUT2D eigenvalue weighted by atomic mass is 16.3. The first-order valence-electron chi connectivity index (χ1n) is 6.85. The molecule has 1 heterocycles. The van der Waals surface area contributed by atoms with E-state index in [0.29, 0.717) is 12.2 Å². The van der Waals surface area contributed by atoms with Crippen LogP contribution >= 0.6 is 0 Å². The van der Waals surface area contributed by atoms with Crippen LogP contribution in [0.1, 0.15) is 18.1 Å². The number of benzene rings is 1. The maximum atomic E-state index is 12.3. The minimum Gasteiger partial charge on any atom is -0.472 e. The average Bonchev–Trinajstić information content (AvgIpc) is 2.93. The molecule has 21 heavy (non-hydrogen) atoms. The molecule has 0 fully saturated rings. The summed E-state index contributed by atoms with van der Waals surface area (Å²) in [5.74, 6) is -0.0473. The van der Waals surface area contributed by atoms with Crippen LogP contribution in [-0.2, 0) is 11.3 Å². The van der Waals surface area contributed by atoms with Crippen molar-refractivity contribution in [1.29, 1.82) is 0 Å². The third-order valence-electron chi connectivity index (χ3n) is 3.56. The van der Waals surface area contributed by atoms with E-state index in [0.717, 1.165) is 16.8 Å². The van der Waals surface area contributed by atoms with E-state index in [2.05, 4.69) is 5.32 Å². The number of nitrogens with one attached hydrogen (secondary N) is 1. The molecule has 112 valence electrons. The maximum Gasteiger partial charge on any atom is 0.241 e. The fraction of sp³-hybridized carbons (Fsp3) is 0.312. The van der Waals surface area contributed by atoms with Crippen molar-refractivity contribution in [3.8, 4) is 0 Å². The first-order chi connectivity index (χ1) is 9.97. The highest BCUT2D eigenvalue weighted by Crippen LogP contribution is 2.18. The van der Waals surface area contributed by atoms with Gasteiger partial charge in [-0.25, -0.2) is 0 Å². The van der Waals surface area contributed by atoms with Crippen molar-refractivity contribution in [3.63, 3.8) is 0 Å². The maximum absolute atomic E-state index is 12.3. The van der Waals surface area contributed by atoms with Crippen molar-refractivity contribution < 1.29 is 9.21 Å². The number of nitrogens with two attached hydrogens (primary N) is 1. The fourth-order valence-electron chi connectivity index (χ4n) is 2.07. The van der Waals surface area contributed by atoms with E-state index in [4.69, 9.17) is 10.2 Å². The molecule has 1 aromatic carbocycles. The Morgan fingerprint density at radius 1 is 1.43 bits per heavy atom. The molecule has 0 aliphatic rings. The number of hydrogen-bond donors (Lipinski definition) is 2. The summed E-state index contributed by atoms with van der Waals surface area (Å²) in [6.07, 6.45) is 3.32. The smallest absolute Gasteiger partial charge is 0.241 e. The topological polar surface area (TPSA) is 71.5 Å². The molecule has 5 heteroatoms. The van der Waals surface area contributed by atoms with E-state index in [1.54, 1.807) is 18.6 Å². The number of nitrogens with zero attached hydrogens (tertiary/aromatic N) is 1. The lowest BCUT2D eigenvalue weighted by Gasteiger charge is -2.23. The number of rotatable bonds is 5. The lowest BCUT2D eigenvalue weighted by atomic mass is 10.1.